The van der Waals surface area contributed by atoms with Crippen molar-refractivity contribution in [1.29, 1.82) is 0 Å². The van der Waals surface area contributed by atoms with Crippen LogP contribution in [0.3, 0.4) is 0 Å². The van der Waals surface area contributed by atoms with Crippen molar-refractivity contribution in [2.45, 2.75) is 12.8 Å². The van der Waals surface area contributed by atoms with Crippen LogP contribution in [0.2, 0.25) is 5.02 Å². The van der Waals surface area contributed by atoms with E-state index < -0.39 is 18.0 Å². The molecular formula is C9H7BrClF2NO2. The van der Waals surface area contributed by atoms with Crippen molar-refractivity contribution in [2.24, 2.45) is 0 Å². The Labute approximate surface area is 104 Å². The first-order valence-corrected chi connectivity index (χ1v) is 5.32. The Morgan fingerprint density at radius 3 is 2.81 bits per heavy atom. The molecule has 0 saturated carbocycles. The van der Waals surface area contributed by atoms with E-state index in [4.69, 9.17) is 11.6 Å². The van der Waals surface area contributed by atoms with E-state index >= 15 is 0 Å². The van der Waals surface area contributed by atoms with E-state index in [1.807, 2.05) is 0 Å². The fraction of sp³-hybridized carbons (Fsp3) is 0.333. The zero-order valence-corrected chi connectivity index (χ0v) is 10.5. The van der Waals surface area contributed by atoms with Crippen LogP contribution < -0.4 is 0 Å². The number of pyridine rings is 1. The molecule has 0 aliphatic heterocycles. The normalized spacial score (nSPS) is 10.6. The first kappa shape index (κ1) is 13.3. The maximum atomic E-state index is 12.7. The van der Waals surface area contributed by atoms with E-state index in [0.29, 0.717) is 0 Å². The molecule has 0 fully saturated rings. The Morgan fingerprint density at radius 1 is 1.69 bits per heavy atom. The summed E-state index contributed by atoms with van der Waals surface area (Å²) >= 11 is 8.60. The molecule has 0 amide bonds. The van der Waals surface area contributed by atoms with Gasteiger partial charge in [-0.05, 0) is 15.9 Å². The number of nitrogens with zero attached hydrogens (tertiary/aromatic N) is 1. The van der Waals surface area contributed by atoms with Crippen molar-refractivity contribution in [3.8, 4) is 0 Å². The fourth-order valence-corrected chi connectivity index (χ4v) is 1.84. The van der Waals surface area contributed by atoms with Crippen LogP contribution in [0.1, 0.15) is 17.6 Å². The number of carbonyl (C=O) groups is 1. The maximum Gasteiger partial charge on any atom is 0.310 e. The summed E-state index contributed by atoms with van der Waals surface area (Å²) in [5, 5.41) is -0.169. The molecule has 1 heterocycles. The van der Waals surface area contributed by atoms with Crippen molar-refractivity contribution in [3.63, 3.8) is 0 Å². The highest BCUT2D eigenvalue weighted by molar-refractivity contribution is 9.10. The van der Waals surface area contributed by atoms with Gasteiger partial charge < -0.3 is 4.74 Å². The van der Waals surface area contributed by atoms with Crippen LogP contribution in [0.25, 0.3) is 0 Å². The first-order chi connectivity index (χ1) is 7.47. The molecule has 0 aliphatic carbocycles. The SMILES string of the molecule is COC(=O)Cc1c(Br)ncc(Cl)c1C(F)F. The average Bonchev–Trinajstić information content (AvgIpc) is 2.22. The Morgan fingerprint density at radius 2 is 2.31 bits per heavy atom. The van der Waals surface area contributed by atoms with Crippen molar-refractivity contribution >= 4 is 33.5 Å². The van der Waals surface area contributed by atoms with Gasteiger partial charge in [0.2, 0.25) is 0 Å². The van der Waals surface area contributed by atoms with Crippen molar-refractivity contribution in [1.82, 2.24) is 4.98 Å². The lowest BCUT2D eigenvalue weighted by molar-refractivity contribution is -0.139. The molecule has 1 rings (SSSR count). The molecule has 7 heteroatoms. The van der Waals surface area contributed by atoms with Gasteiger partial charge in [0.25, 0.3) is 6.43 Å². The molecule has 0 bridgehead atoms. The zero-order valence-electron chi connectivity index (χ0n) is 8.14. The lowest BCUT2D eigenvalue weighted by Gasteiger charge is -2.11. The Balaban J connectivity index is 3.23. The largest absolute Gasteiger partial charge is 0.469 e. The van der Waals surface area contributed by atoms with Crippen LogP contribution in [0.5, 0.6) is 0 Å². The van der Waals surface area contributed by atoms with Gasteiger partial charge in [-0.25, -0.2) is 13.8 Å². The van der Waals surface area contributed by atoms with Gasteiger partial charge >= 0.3 is 5.97 Å². The number of methoxy groups -OCH3 is 1. The monoisotopic (exact) mass is 313 g/mol. The number of ether oxygens (including phenoxy) is 1. The number of esters is 1. The molecule has 0 atom stereocenters. The number of rotatable bonds is 3. The minimum absolute atomic E-state index is 0.0503. The smallest absolute Gasteiger partial charge is 0.310 e. The quantitative estimate of drug-likeness (QED) is 0.635. The van der Waals surface area contributed by atoms with E-state index in [9.17, 15) is 13.6 Å². The van der Waals surface area contributed by atoms with E-state index in [-0.39, 0.29) is 21.6 Å². The molecule has 0 aromatic carbocycles. The second-order valence-electron chi connectivity index (χ2n) is 2.84. The Bertz CT molecular complexity index is 415. The Kier molecular flexibility index (Phi) is 4.61. The van der Waals surface area contributed by atoms with Gasteiger partial charge in [-0.2, -0.15) is 0 Å². The molecule has 88 valence electrons. The summed E-state index contributed by atoms with van der Waals surface area (Å²) in [6.07, 6.45) is -1.97. The van der Waals surface area contributed by atoms with E-state index in [0.717, 1.165) is 6.20 Å². The standard InChI is InChI=1S/C9H7BrClF2NO2/c1-16-6(15)2-4-7(9(12)13)5(11)3-14-8(4)10/h3,9H,2H2,1H3. The molecule has 1 aromatic rings. The second-order valence-corrected chi connectivity index (χ2v) is 4.00. The predicted octanol–water partition coefficient (Wildman–Crippen LogP) is 3.15. The van der Waals surface area contributed by atoms with Crippen LogP contribution in [-0.4, -0.2) is 18.1 Å². The summed E-state index contributed by atoms with van der Waals surface area (Å²) in [4.78, 5) is 14.8. The van der Waals surface area contributed by atoms with Crippen LogP contribution in [0.15, 0.2) is 10.8 Å². The molecule has 0 unspecified atom stereocenters. The number of aromatic nitrogens is 1. The van der Waals surface area contributed by atoms with Crippen LogP contribution >= 0.6 is 27.5 Å². The van der Waals surface area contributed by atoms with Crippen molar-refractivity contribution in [2.75, 3.05) is 7.11 Å². The number of hydrogen-bond donors (Lipinski definition) is 0. The second kappa shape index (κ2) is 5.54. The number of alkyl halides is 2. The van der Waals surface area contributed by atoms with Crippen molar-refractivity contribution < 1.29 is 18.3 Å². The molecule has 0 aliphatic rings. The maximum absolute atomic E-state index is 12.7. The highest BCUT2D eigenvalue weighted by Gasteiger charge is 2.22. The van der Waals surface area contributed by atoms with Gasteiger partial charge in [0.15, 0.2) is 0 Å². The summed E-state index contributed by atoms with van der Waals surface area (Å²) in [7, 11) is 1.18. The average molecular weight is 315 g/mol. The van der Waals surface area contributed by atoms with Crippen LogP contribution in [0, 0.1) is 0 Å². The highest BCUT2D eigenvalue weighted by Crippen LogP contribution is 2.33. The van der Waals surface area contributed by atoms with E-state index in [1.165, 1.54) is 7.11 Å². The van der Waals surface area contributed by atoms with Crippen LogP contribution in [-0.2, 0) is 16.0 Å². The minimum atomic E-state index is -2.77. The topological polar surface area (TPSA) is 39.2 Å². The fourth-order valence-electron chi connectivity index (χ4n) is 1.14. The molecule has 1 aromatic heterocycles. The molecule has 3 nitrogen and oxygen atoms in total. The molecule has 0 spiro atoms. The van der Waals surface area contributed by atoms with Gasteiger partial charge in [0.05, 0.1) is 18.6 Å². The third kappa shape index (κ3) is 2.89. The van der Waals surface area contributed by atoms with Gasteiger partial charge in [-0.15, -0.1) is 0 Å². The van der Waals surface area contributed by atoms with Gasteiger partial charge in [0.1, 0.15) is 4.60 Å². The molecule has 0 radical (unpaired) electrons. The third-order valence-electron chi connectivity index (χ3n) is 1.89. The lowest BCUT2D eigenvalue weighted by Crippen LogP contribution is -2.09. The summed E-state index contributed by atoms with van der Waals surface area (Å²) in [6, 6.07) is 0. The van der Waals surface area contributed by atoms with Gasteiger partial charge in [-0.3, -0.25) is 4.79 Å². The number of carbonyl (C=O) groups excluding carboxylic acids is 1. The Hall–Kier alpha value is -0.750. The molecule has 0 N–H and O–H groups in total. The first-order valence-electron chi connectivity index (χ1n) is 4.15. The third-order valence-corrected chi connectivity index (χ3v) is 2.87. The van der Waals surface area contributed by atoms with Gasteiger partial charge in [0, 0.05) is 17.3 Å². The summed E-state index contributed by atoms with van der Waals surface area (Å²) in [6.45, 7) is 0. The van der Waals surface area contributed by atoms with E-state index in [1.54, 1.807) is 0 Å². The predicted molar refractivity (Wildman–Crippen MR) is 57.6 cm³/mol. The molecular weight excluding hydrogens is 307 g/mol. The summed E-state index contributed by atoms with van der Waals surface area (Å²) < 4.78 is 30.0. The molecule has 16 heavy (non-hydrogen) atoms. The van der Waals surface area contributed by atoms with Gasteiger partial charge in [-0.1, -0.05) is 11.6 Å². The molecule has 0 saturated heterocycles. The summed E-state index contributed by atoms with van der Waals surface area (Å²) in [5.74, 6) is -0.633. The van der Waals surface area contributed by atoms with Crippen molar-refractivity contribution in [3.05, 3.63) is 26.9 Å². The highest BCUT2D eigenvalue weighted by atomic mass is 79.9. The number of hydrogen-bond acceptors (Lipinski definition) is 3. The van der Waals surface area contributed by atoms with Crippen LogP contribution in [0.4, 0.5) is 8.78 Å². The lowest BCUT2D eigenvalue weighted by atomic mass is 10.1. The number of halogens is 4. The summed E-state index contributed by atoms with van der Waals surface area (Å²) in [5.41, 5.74) is -0.344. The zero-order chi connectivity index (χ0) is 12.3. The minimum Gasteiger partial charge on any atom is -0.469 e. The van der Waals surface area contributed by atoms with E-state index in [2.05, 4.69) is 25.7 Å².